The molecule has 2 aromatic rings. The third-order valence-corrected chi connectivity index (χ3v) is 4.72. The maximum atomic E-state index is 13.1. The molecule has 5 nitrogen and oxygen atoms in total. The van der Waals surface area contributed by atoms with E-state index in [1.807, 2.05) is 0 Å². The first-order valence-corrected chi connectivity index (χ1v) is 8.45. The molecule has 122 valence electrons. The highest BCUT2D eigenvalue weighted by Gasteiger charge is 2.16. The quantitative estimate of drug-likeness (QED) is 0.864. The van der Waals surface area contributed by atoms with E-state index in [2.05, 4.69) is 10.0 Å². The van der Waals surface area contributed by atoms with Crippen LogP contribution >= 0.6 is 11.6 Å². The van der Waals surface area contributed by atoms with Crippen LogP contribution < -0.4 is 10.0 Å². The van der Waals surface area contributed by atoms with Gasteiger partial charge in [0.05, 0.1) is 16.3 Å². The van der Waals surface area contributed by atoms with Gasteiger partial charge in [0.15, 0.2) is 0 Å². The van der Waals surface area contributed by atoms with Gasteiger partial charge >= 0.3 is 0 Å². The molecule has 0 saturated heterocycles. The van der Waals surface area contributed by atoms with Crippen LogP contribution in [-0.2, 0) is 21.2 Å². The lowest BCUT2D eigenvalue weighted by Crippen LogP contribution is -2.19. The van der Waals surface area contributed by atoms with Crippen molar-refractivity contribution >= 4 is 33.2 Å². The lowest BCUT2D eigenvalue weighted by Gasteiger charge is -2.09. The van der Waals surface area contributed by atoms with Gasteiger partial charge in [-0.25, -0.2) is 12.8 Å². The Bertz CT molecular complexity index is 823. The Hall–Kier alpha value is -2.12. The van der Waals surface area contributed by atoms with Crippen molar-refractivity contribution in [2.75, 3.05) is 11.8 Å². The number of anilines is 1. The molecule has 0 heterocycles. The van der Waals surface area contributed by atoms with Crippen LogP contribution in [0.4, 0.5) is 10.1 Å². The normalized spacial score (nSPS) is 11.1. The van der Waals surface area contributed by atoms with Crippen molar-refractivity contribution in [3.05, 3.63) is 58.9 Å². The van der Waals surface area contributed by atoms with Crippen molar-refractivity contribution in [3.8, 4) is 0 Å². The van der Waals surface area contributed by atoms with Gasteiger partial charge in [-0.05, 0) is 35.9 Å². The molecule has 23 heavy (non-hydrogen) atoms. The molecule has 0 bridgehead atoms. The predicted molar refractivity (Wildman–Crippen MR) is 86.4 cm³/mol. The van der Waals surface area contributed by atoms with Crippen molar-refractivity contribution in [1.82, 2.24) is 5.32 Å². The lowest BCUT2D eigenvalue weighted by molar-refractivity contribution is -0.119. The molecule has 2 N–H and O–H groups in total. The summed E-state index contributed by atoms with van der Waals surface area (Å²) in [6, 6.07) is 9.53. The highest BCUT2D eigenvalue weighted by Crippen LogP contribution is 2.22. The molecule has 0 saturated carbocycles. The van der Waals surface area contributed by atoms with Gasteiger partial charge in [0.2, 0.25) is 5.91 Å². The van der Waals surface area contributed by atoms with Crippen LogP contribution in [0.1, 0.15) is 5.56 Å². The van der Waals surface area contributed by atoms with Crippen LogP contribution in [0.15, 0.2) is 47.4 Å². The Morgan fingerprint density at radius 1 is 1.17 bits per heavy atom. The van der Waals surface area contributed by atoms with Crippen LogP contribution in [0.25, 0.3) is 0 Å². The van der Waals surface area contributed by atoms with Crippen molar-refractivity contribution in [3.63, 3.8) is 0 Å². The van der Waals surface area contributed by atoms with E-state index in [1.165, 1.54) is 0 Å². The summed E-state index contributed by atoms with van der Waals surface area (Å²) in [4.78, 5) is 11.1. The van der Waals surface area contributed by atoms with Gasteiger partial charge in [0.25, 0.3) is 10.0 Å². The van der Waals surface area contributed by atoms with Crippen LogP contribution in [0.2, 0.25) is 5.02 Å². The lowest BCUT2D eigenvalue weighted by atomic mass is 10.1. The minimum atomic E-state index is -3.87. The summed E-state index contributed by atoms with van der Waals surface area (Å²) >= 11 is 5.60. The number of halogens is 2. The van der Waals surface area contributed by atoms with Crippen molar-refractivity contribution in [1.29, 1.82) is 0 Å². The number of nitrogens with one attached hydrogen (secondary N) is 2. The minimum Gasteiger partial charge on any atom is -0.359 e. The zero-order chi connectivity index (χ0) is 17.0. The molecule has 0 spiro atoms. The molecule has 0 radical (unpaired) electrons. The fourth-order valence-electron chi connectivity index (χ4n) is 1.82. The van der Waals surface area contributed by atoms with Crippen molar-refractivity contribution < 1.29 is 17.6 Å². The minimum absolute atomic E-state index is 0.140. The van der Waals surface area contributed by atoms with E-state index in [-0.39, 0.29) is 22.2 Å². The SMILES string of the molecule is CNC(=O)Cc1ccc(NS(=O)(=O)c2ccc(F)c(Cl)c2)cc1. The van der Waals surface area contributed by atoms with Crippen LogP contribution in [-0.4, -0.2) is 21.4 Å². The Balaban J connectivity index is 2.17. The standard InChI is InChI=1S/C15H14ClFN2O3S/c1-18-15(20)8-10-2-4-11(5-3-10)19-23(21,22)12-6-7-14(17)13(16)9-12/h2-7,9,19H,8H2,1H3,(H,18,20). The molecular formula is C15H14ClFN2O3S. The molecule has 0 atom stereocenters. The third kappa shape index (κ3) is 4.43. The highest BCUT2D eigenvalue weighted by atomic mass is 35.5. The van der Waals surface area contributed by atoms with Gasteiger partial charge in [-0.2, -0.15) is 0 Å². The molecule has 0 aliphatic rings. The molecule has 0 fully saturated rings. The van der Waals surface area contributed by atoms with Gasteiger partial charge in [-0.3, -0.25) is 9.52 Å². The Morgan fingerprint density at radius 2 is 1.83 bits per heavy atom. The van der Waals surface area contributed by atoms with Gasteiger partial charge < -0.3 is 5.32 Å². The molecule has 8 heteroatoms. The van der Waals surface area contributed by atoms with Crippen LogP contribution in [0, 0.1) is 5.82 Å². The second kappa shape index (κ2) is 6.97. The predicted octanol–water partition coefficient (Wildman–Crippen LogP) is 2.57. The number of sulfonamides is 1. The van der Waals surface area contributed by atoms with E-state index in [4.69, 9.17) is 11.6 Å². The fraction of sp³-hybridized carbons (Fsp3) is 0.133. The van der Waals surface area contributed by atoms with Crippen molar-refractivity contribution in [2.45, 2.75) is 11.3 Å². The Kier molecular flexibility index (Phi) is 5.23. The van der Waals surface area contributed by atoms with E-state index in [1.54, 1.807) is 31.3 Å². The second-order valence-electron chi connectivity index (χ2n) is 4.73. The maximum absolute atomic E-state index is 13.1. The Labute approximate surface area is 138 Å². The monoisotopic (exact) mass is 356 g/mol. The van der Waals surface area contributed by atoms with Crippen LogP contribution in [0.5, 0.6) is 0 Å². The molecule has 0 aliphatic heterocycles. The summed E-state index contributed by atoms with van der Waals surface area (Å²) in [7, 11) is -2.33. The van der Waals surface area contributed by atoms with E-state index >= 15 is 0 Å². The zero-order valence-electron chi connectivity index (χ0n) is 12.1. The molecule has 1 amide bonds. The summed E-state index contributed by atoms with van der Waals surface area (Å²) in [5.74, 6) is -0.830. The van der Waals surface area contributed by atoms with Crippen molar-refractivity contribution in [2.24, 2.45) is 0 Å². The smallest absolute Gasteiger partial charge is 0.261 e. The van der Waals surface area contributed by atoms with E-state index in [9.17, 15) is 17.6 Å². The number of likely N-dealkylation sites (N-methyl/N-ethyl adjacent to an activating group) is 1. The Morgan fingerprint density at radius 3 is 2.39 bits per heavy atom. The summed E-state index contributed by atoms with van der Waals surface area (Å²) < 4.78 is 39.9. The van der Waals surface area contributed by atoms with E-state index in [0.29, 0.717) is 5.69 Å². The number of rotatable bonds is 5. The zero-order valence-corrected chi connectivity index (χ0v) is 13.7. The second-order valence-corrected chi connectivity index (χ2v) is 6.82. The summed E-state index contributed by atoms with van der Waals surface area (Å²) in [5.41, 5.74) is 1.07. The molecular weight excluding hydrogens is 343 g/mol. The maximum Gasteiger partial charge on any atom is 0.261 e. The van der Waals surface area contributed by atoms with Gasteiger partial charge in [0.1, 0.15) is 5.82 Å². The summed E-state index contributed by atoms with van der Waals surface area (Å²) in [5, 5.41) is 2.23. The first kappa shape index (κ1) is 17.2. The third-order valence-electron chi connectivity index (χ3n) is 3.05. The molecule has 2 rings (SSSR count). The van der Waals surface area contributed by atoms with Gasteiger partial charge in [0, 0.05) is 12.7 Å². The van der Waals surface area contributed by atoms with Gasteiger partial charge in [-0.15, -0.1) is 0 Å². The average Bonchev–Trinajstić information content (AvgIpc) is 2.51. The first-order chi connectivity index (χ1) is 10.8. The van der Waals surface area contributed by atoms with E-state index < -0.39 is 15.8 Å². The average molecular weight is 357 g/mol. The number of hydrogen-bond acceptors (Lipinski definition) is 3. The molecule has 0 unspecified atom stereocenters. The largest absolute Gasteiger partial charge is 0.359 e. The van der Waals surface area contributed by atoms with Crippen LogP contribution in [0.3, 0.4) is 0 Å². The van der Waals surface area contributed by atoms with E-state index in [0.717, 1.165) is 23.8 Å². The number of hydrogen-bond donors (Lipinski definition) is 2. The molecule has 0 aromatic heterocycles. The number of amides is 1. The summed E-state index contributed by atoms with van der Waals surface area (Å²) in [6.45, 7) is 0. The number of benzene rings is 2. The van der Waals surface area contributed by atoms with Gasteiger partial charge in [-0.1, -0.05) is 23.7 Å². The topological polar surface area (TPSA) is 75.3 Å². The first-order valence-electron chi connectivity index (χ1n) is 6.59. The fourth-order valence-corrected chi connectivity index (χ4v) is 3.15. The molecule has 0 aliphatic carbocycles. The molecule has 2 aromatic carbocycles. The number of carbonyl (C=O) groups is 1. The summed E-state index contributed by atoms with van der Waals surface area (Å²) in [6.07, 6.45) is 0.205. The number of carbonyl (C=O) groups excluding carboxylic acids is 1. The highest BCUT2D eigenvalue weighted by molar-refractivity contribution is 7.92.